The minimum absolute atomic E-state index is 0.515. The monoisotopic (exact) mass is 343 g/mol. The summed E-state index contributed by atoms with van der Waals surface area (Å²) in [6.07, 6.45) is 4.05. The molecule has 2 heterocycles. The van der Waals surface area contributed by atoms with Crippen molar-refractivity contribution in [2.45, 2.75) is 6.42 Å². The van der Waals surface area contributed by atoms with E-state index in [9.17, 15) is 0 Å². The molecule has 4 rings (SSSR count). The third kappa shape index (κ3) is 2.84. The number of fused-ring (bicyclic) bond motifs is 2. The highest BCUT2D eigenvalue weighted by atomic mass is 16.5. The average molecular weight is 343 g/mol. The van der Waals surface area contributed by atoms with Crippen LogP contribution in [0.2, 0.25) is 0 Å². The van der Waals surface area contributed by atoms with Gasteiger partial charge in [-0.15, -0.1) is 0 Å². The molecule has 4 heteroatoms. The molecular weight excluding hydrogens is 326 g/mol. The topological polar surface area (TPSA) is 51.5 Å². The van der Waals surface area contributed by atoms with E-state index in [0.29, 0.717) is 18.8 Å². The molecule has 0 bridgehead atoms. The van der Waals surface area contributed by atoms with Gasteiger partial charge < -0.3 is 14.2 Å². The summed E-state index contributed by atoms with van der Waals surface area (Å²) in [6.45, 7) is 0.559. The van der Waals surface area contributed by atoms with Crippen LogP contribution in [0, 0.1) is 11.3 Å². The van der Waals surface area contributed by atoms with E-state index in [1.807, 2.05) is 42.5 Å². The molecule has 0 N–H and O–H groups in total. The standard InChI is InChI=1S/C22H17NO3/c1-24-16-7-8-21-20(13-16)22-18(10-12-25-21)19(14-17(26-22)9-11-23)15-5-3-2-4-6-15/h2-9,13-14H,10,12H2,1H3. The quantitative estimate of drug-likeness (QED) is 0.741. The fourth-order valence-electron chi connectivity index (χ4n) is 3.24. The summed E-state index contributed by atoms with van der Waals surface area (Å²) in [5.41, 5.74) is 4.03. The van der Waals surface area contributed by atoms with Gasteiger partial charge >= 0.3 is 0 Å². The lowest BCUT2D eigenvalue weighted by molar-refractivity contribution is 0.324. The lowest BCUT2D eigenvalue weighted by atomic mass is 9.91. The van der Waals surface area contributed by atoms with Gasteiger partial charge in [-0.25, -0.2) is 0 Å². The van der Waals surface area contributed by atoms with Gasteiger partial charge in [-0.2, -0.15) is 5.26 Å². The molecule has 2 aliphatic rings. The number of nitrogens with zero attached hydrogens (tertiary/aromatic N) is 1. The first-order chi connectivity index (χ1) is 12.8. The molecule has 0 spiro atoms. The normalized spacial score (nSPS) is 17.1. The van der Waals surface area contributed by atoms with Crippen molar-refractivity contribution in [3.63, 3.8) is 0 Å². The number of hydrogen-bond acceptors (Lipinski definition) is 4. The van der Waals surface area contributed by atoms with Crippen LogP contribution >= 0.6 is 0 Å². The number of methoxy groups -OCH3 is 1. The largest absolute Gasteiger partial charge is 0.497 e. The number of nitriles is 1. The SMILES string of the molecule is COc1ccc2c(c1)C1=C(CCO2)C(c2ccccc2)=CC(=CC#N)O1. The minimum atomic E-state index is 0.515. The molecule has 2 aromatic rings. The smallest absolute Gasteiger partial charge is 0.142 e. The summed E-state index contributed by atoms with van der Waals surface area (Å²) < 4.78 is 17.4. The summed E-state index contributed by atoms with van der Waals surface area (Å²) in [6, 6.07) is 17.8. The predicted molar refractivity (Wildman–Crippen MR) is 99.2 cm³/mol. The second-order valence-corrected chi connectivity index (χ2v) is 5.97. The molecular formula is C22H17NO3. The van der Waals surface area contributed by atoms with Crippen molar-refractivity contribution in [3.8, 4) is 17.6 Å². The maximum absolute atomic E-state index is 9.11. The highest BCUT2D eigenvalue weighted by Crippen LogP contribution is 2.44. The van der Waals surface area contributed by atoms with E-state index >= 15 is 0 Å². The fraction of sp³-hybridized carbons (Fsp3) is 0.136. The van der Waals surface area contributed by atoms with Crippen LogP contribution in [0.4, 0.5) is 0 Å². The molecule has 0 aromatic heterocycles. The molecule has 0 unspecified atom stereocenters. The van der Waals surface area contributed by atoms with Crippen LogP contribution in [0.3, 0.4) is 0 Å². The molecule has 0 fully saturated rings. The first-order valence-corrected chi connectivity index (χ1v) is 8.39. The number of allylic oxidation sites excluding steroid dienone is 3. The summed E-state index contributed by atoms with van der Waals surface area (Å²) in [5.74, 6) is 2.72. The Morgan fingerprint density at radius 3 is 2.77 bits per heavy atom. The van der Waals surface area contributed by atoms with E-state index in [0.717, 1.165) is 39.5 Å². The maximum atomic E-state index is 9.11. The Bertz CT molecular complexity index is 978. The summed E-state index contributed by atoms with van der Waals surface area (Å²) in [5, 5.41) is 9.11. The van der Waals surface area contributed by atoms with E-state index in [1.54, 1.807) is 7.11 Å². The molecule has 0 saturated heterocycles. The van der Waals surface area contributed by atoms with Gasteiger partial charge in [-0.05, 0) is 35.4 Å². The van der Waals surface area contributed by atoms with Crippen molar-refractivity contribution in [2.24, 2.45) is 0 Å². The van der Waals surface area contributed by atoms with Crippen molar-refractivity contribution in [1.82, 2.24) is 0 Å². The van der Waals surface area contributed by atoms with E-state index < -0.39 is 0 Å². The van der Waals surface area contributed by atoms with Gasteiger partial charge in [0.15, 0.2) is 0 Å². The average Bonchev–Trinajstić information content (AvgIpc) is 2.87. The van der Waals surface area contributed by atoms with Gasteiger partial charge in [0.2, 0.25) is 0 Å². The van der Waals surface area contributed by atoms with Crippen molar-refractivity contribution in [1.29, 1.82) is 5.26 Å². The summed E-state index contributed by atoms with van der Waals surface area (Å²) >= 11 is 0. The molecule has 2 aliphatic heterocycles. The number of rotatable bonds is 2. The molecule has 0 saturated carbocycles. The Labute approximate surface area is 152 Å². The first kappa shape index (κ1) is 16.0. The Balaban J connectivity index is 1.94. The molecule has 4 nitrogen and oxygen atoms in total. The van der Waals surface area contributed by atoms with Crippen molar-refractivity contribution in [2.75, 3.05) is 13.7 Å². The van der Waals surface area contributed by atoms with Crippen LogP contribution in [-0.4, -0.2) is 13.7 Å². The highest BCUT2D eigenvalue weighted by molar-refractivity contribution is 5.92. The number of ether oxygens (including phenoxy) is 3. The van der Waals surface area contributed by atoms with E-state index in [4.69, 9.17) is 19.5 Å². The third-order valence-corrected chi connectivity index (χ3v) is 4.44. The molecule has 2 aromatic carbocycles. The predicted octanol–water partition coefficient (Wildman–Crippen LogP) is 4.71. The maximum Gasteiger partial charge on any atom is 0.142 e. The van der Waals surface area contributed by atoms with Crippen LogP contribution in [0.1, 0.15) is 17.5 Å². The molecule has 26 heavy (non-hydrogen) atoms. The minimum Gasteiger partial charge on any atom is -0.497 e. The molecule has 0 radical (unpaired) electrons. The Hall–Kier alpha value is -3.45. The molecule has 128 valence electrons. The van der Waals surface area contributed by atoms with E-state index in [1.165, 1.54) is 6.08 Å². The van der Waals surface area contributed by atoms with Crippen LogP contribution in [-0.2, 0) is 4.74 Å². The van der Waals surface area contributed by atoms with Crippen molar-refractivity contribution in [3.05, 3.63) is 83.1 Å². The van der Waals surface area contributed by atoms with Crippen LogP contribution in [0.5, 0.6) is 11.5 Å². The molecule has 0 atom stereocenters. The first-order valence-electron chi connectivity index (χ1n) is 8.39. The van der Waals surface area contributed by atoms with Crippen molar-refractivity contribution < 1.29 is 14.2 Å². The number of benzene rings is 2. The van der Waals surface area contributed by atoms with E-state index in [2.05, 4.69) is 18.2 Å². The van der Waals surface area contributed by atoms with Gasteiger partial charge in [0.1, 0.15) is 23.0 Å². The van der Waals surface area contributed by atoms with Crippen LogP contribution in [0.15, 0.2) is 72.0 Å². The Morgan fingerprint density at radius 2 is 2.00 bits per heavy atom. The second-order valence-electron chi connectivity index (χ2n) is 5.97. The molecule has 0 aliphatic carbocycles. The van der Waals surface area contributed by atoms with Gasteiger partial charge in [0.05, 0.1) is 31.4 Å². The lowest BCUT2D eigenvalue weighted by Crippen LogP contribution is -2.05. The van der Waals surface area contributed by atoms with Crippen LogP contribution < -0.4 is 9.47 Å². The van der Waals surface area contributed by atoms with Gasteiger partial charge in [0.25, 0.3) is 0 Å². The molecule has 0 amide bonds. The fourth-order valence-corrected chi connectivity index (χ4v) is 3.24. The lowest BCUT2D eigenvalue weighted by Gasteiger charge is -2.23. The van der Waals surface area contributed by atoms with E-state index in [-0.39, 0.29) is 0 Å². The second kappa shape index (κ2) is 6.81. The zero-order chi connectivity index (χ0) is 17.9. The van der Waals surface area contributed by atoms with Crippen molar-refractivity contribution >= 4 is 11.3 Å². The highest BCUT2D eigenvalue weighted by Gasteiger charge is 2.27. The van der Waals surface area contributed by atoms with Gasteiger partial charge in [-0.3, -0.25) is 0 Å². The van der Waals surface area contributed by atoms with Crippen LogP contribution in [0.25, 0.3) is 11.3 Å². The zero-order valence-electron chi connectivity index (χ0n) is 14.4. The van der Waals surface area contributed by atoms with Gasteiger partial charge in [-0.1, -0.05) is 30.3 Å². The summed E-state index contributed by atoms with van der Waals surface area (Å²) in [4.78, 5) is 0. The Kier molecular flexibility index (Phi) is 4.20. The van der Waals surface area contributed by atoms with Gasteiger partial charge in [0, 0.05) is 12.0 Å². The zero-order valence-corrected chi connectivity index (χ0v) is 14.4. The third-order valence-electron chi connectivity index (χ3n) is 4.44. The summed E-state index contributed by atoms with van der Waals surface area (Å²) in [7, 11) is 1.63. The number of hydrogen-bond donors (Lipinski definition) is 0. The Morgan fingerprint density at radius 1 is 1.15 bits per heavy atom.